The SMILES string of the molecule is N#CC(OCc1ccc(-c2ccc(Cl)cc2)cc1)(C(F)(F)F)C(F)(F)F. The van der Waals surface area contributed by atoms with Gasteiger partial charge in [0.2, 0.25) is 0 Å². The Morgan fingerprint density at radius 2 is 1.23 bits per heavy atom. The van der Waals surface area contributed by atoms with Gasteiger partial charge in [-0.25, -0.2) is 0 Å². The Morgan fingerprint density at radius 3 is 1.62 bits per heavy atom. The van der Waals surface area contributed by atoms with Gasteiger partial charge in [0, 0.05) is 5.02 Å². The van der Waals surface area contributed by atoms with Gasteiger partial charge in [-0.2, -0.15) is 31.6 Å². The van der Waals surface area contributed by atoms with Crippen molar-refractivity contribution in [1.82, 2.24) is 0 Å². The zero-order chi connectivity index (χ0) is 19.6. The Morgan fingerprint density at radius 1 is 0.808 bits per heavy atom. The van der Waals surface area contributed by atoms with E-state index in [0.717, 1.165) is 5.56 Å². The quantitative estimate of drug-likeness (QED) is 0.605. The molecule has 0 saturated heterocycles. The number of nitriles is 1. The number of nitrogens with zero attached hydrogens (tertiary/aromatic N) is 1. The maximum atomic E-state index is 12.8. The molecule has 9 heteroatoms. The number of ether oxygens (including phenoxy) is 1. The van der Waals surface area contributed by atoms with Gasteiger partial charge in [-0.05, 0) is 28.8 Å². The normalized spacial score (nSPS) is 12.7. The Bertz CT molecular complexity index is 776. The highest BCUT2D eigenvalue weighted by Gasteiger charge is 2.73. The lowest BCUT2D eigenvalue weighted by Crippen LogP contribution is -2.57. The molecule has 0 saturated carbocycles. The van der Waals surface area contributed by atoms with E-state index in [9.17, 15) is 26.3 Å². The molecule has 0 N–H and O–H groups in total. The average Bonchev–Trinajstić information content (AvgIpc) is 2.54. The van der Waals surface area contributed by atoms with Crippen LogP contribution in [-0.2, 0) is 11.3 Å². The number of hydrogen-bond acceptors (Lipinski definition) is 2. The molecule has 0 spiro atoms. The molecule has 2 aromatic rings. The summed E-state index contributed by atoms with van der Waals surface area (Å²) in [5.74, 6) is 0. The van der Waals surface area contributed by atoms with Gasteiger partial charge in [-0.15, -0.1) is 0 Å². The van der Waals surface area contributed by atoms with Gasteiger partial charge < -0.3 is 4.74 Å². The lowest BCUT2D eigenvalue weighted by Gasteiger charge is -2.30. The van der Waals surface area contributed by atoms with Crippen LogP contribution in [0.25, 0.3) is 11.1 Å². The molecular formula is C17H10ClF6NO. The topological polar surface area (TPSA) is 33.0 Å². The van der Waals surface area contributed by atoms with Crippen LogP contribution in [-0.4, -0.2) is 18.0 Å². The third-order valence-electron chi connectivity index (χ3n) is 3.54. The highest BCUT2D eigenvalue weighted by atomic mass is 35.5. The van der Waals surface area contributed by atoms with E-state index >= 15 is 0 Å². The second kappa shape index (κ2) is 7.17. The van der Waals surface area contributed by atoms with Crippen LogP contribution in [0.15, 0.2) is 48.5 Å². The largest absolute Gasteiger partial charge is 0.440 e. The predicted octanol–water partition coefficient (Wildman–Crippen LogP) is 5.91. The first kappa shape index (κ1) is 20.1. The minimum absolute atomic E-state index is 0.0517. The fraction of sp³-hybridized carbons (Fsp3) is 0.235. The molecule has 0 aliphatic rings. The molecule has 0 aliphatic heterocycles. The summed E-state index contributed by atoms with van der Waals surface area (Å²) in [6.07, 6.45) is -11.9. The van der Waals surface area contributed by atoms with Gasteiger partial charge in [0.05, 0.1) is 6.61 Å². The summed E-state index contributed by atoms with van der Waals surface area (Å²) in [6, 6.07) is 12.6. The highest BCUT2D eigenvalue weighted by molar-refractivity contribution is 6.30. The molecule has 0 aromatic heterocycles. The Hall–Kier alpha value is -2.24. The van der Waals surface area contributed by atoms with Crippen LogP contribution >= 0.6 is 11.6 Å². The van der Waals surface area contributed by atoms with E-state index in [1.807, 2.05) is 0 Å². The monoisotopic (exact) mass is 393 g/mol. The van der Waals surface area contributed by atoms with Crippen LogP contribution in [0.1, 0.15) is 5.56 Å². The molecule has 0 unspecified atom stereocenters. The van der Waals surface area contributed by atoms with Crippen LogP contribution in [0.3, 0.4) is 0 Å². The van der Waals surface area contributed by atoms with Crippen LogP contribution in [0.5, 0.6) is 0 Å². The maximum Gasteiger partial charge on any atom is 0.440 e. The molecule has 0 amide bonds. The minimum atomic E-state index is -5.93. The average molecular weight is 394 g/mol. The van der Waals surface area contributed by atoms with Crippen molar-refractivity contribution in [3.05, 3.63) is 59.1 Å². The molecule has 138 valence electrons. The summed E-state index contributed by atoms with van der Waals surface area (Å²) in [4.78, 5) is 0. The fourth-order valence-corrected chi connectivity index (χ4v) is 2.24. The minimum Gasteiger partial charge on any atom is -0.340 e. The number of halogens is 7. The van der Waals surface area contributed by atoms with Crippen LogP contribution in [0.2, 0.25) is 5.02 Å². The third kappa shape index (κ3) is 3.94. The molecule has 0 radical (unpaired) electrons. The standard InChI is InChI=1S/C17H10ClF6NO/c18-14-7-5-13(6-8-14)12-3-1-11(2-4-12)9-26-15(10-25,16(19,20)21)17(22,23)24/h1-8H,9H2. The maximum absolute atomic E-state index is 12.8. The molecule has 2 aromatic carbocycles. The van der Waals surface area contributed by atoms with Crippen molar-refractivity contribution < 1.29 is 31.1 Å². The number of rotatable bonds is 4. The van der Waals surface area contributed by atoms with Gasteiger partial charge in [0.25, 0.3) is 0 Å². The summed E-state index contributed by atoms with van der Waals surface area (Å²) in [7, 11) is 0. The molecule has 0 fully saturated rings. The fourth-order valence-electron chi connectivity index (χ4n) is 2.11. The van der Waals surface area contributed by atoms with Crippen LogP contribution in [0.4, 0.5) is 26.3 Å². The van der Waals surface area contributed by atoms with Crippen molar-refractivity contribution >= 4 is 11.6 Å². The van der Waals surface area contributed by atoms with Crippen molar-refractivity contribution in [1.29, 1.82) is 5.26 Å². The summed E-state index contributed by atoms with van der Waals surface area (Å²) in [6.45, 7) is -1.03. The molecule has 0 bridgehead atoms. The van der Waals surface area contributed by atoms with Crippen LogP contribution in [0, 0.1) is 11.3 Å². The van der Waals surface area contributed by atoms with Crippen molar-refractivity contribution in [2.24, 2.45) is 0 Å². The first-order valence-corrected chi connectivity index (χ1v) is 7.41. The molecule has 0 aliphatic carbocycles. The van der Waals surface area contributed by atoms with E-state index < -0.39 is 24.6 Å². The van der Waals surface area contributed by atoms with E-state index in [-0.39, 0.29) is 11.6 Å². The molecular weight excluding hydrogens is 384 g/mol. The zero-order valence-electron chi connectivity index (χ0n) is 12.8. The molecule has 2 rings (SSSR count). The molecule has 0 heterocycles. The van der Waals surface area contributed by atoms with Gasteiger partial charge in [-0.3, -0.25) is 0 Å². The Labute approximate surface area is 149 Å². The number of benzene rings is 2. The Balaban J connectivity index is 2.20. The predicted molar refractivity (Wildman–Crippen MR) is 82.1 cm³/mol. The Kier molecular flexibility index (Phi) is 5.54. The number of alkyl halides is 6. The van der Waals surface area contributed by atoms with E-state index in [4.69, 9.17) is 16.9 Å². The van der Waals surface area contributed by atoms with Gasteiger partial charge in [0.1, 0.15) is 6.07 Å². The highest BCUT2D eigenvalue weighted by Crippen LogP contribution is 2.45. The third-order valence-corrected chi connectivity index (χ3v) is 3.79. The van der Waals surface area contributed by atoms with Crippen LogP contribution < -0.4 is 0 Å². The van der Waals surface area contributed by atoms with E-state index in [1.165, 1.54) is 24.3 Å². The van der Waals surface area contributed by atoms with Gasteiger partial charge >= 0.3 is 18.0 Å². The van der Waals surface area contributed by atoms with Gasteiger partial charge in [-0.1, -0.05) is 48.0 Å². The van der Waals surface area contributed by atoms with Gasteiger partial charge in [0.15, 0.2) is 0 Å². The molecule has 2 nitrogen and oxygen atoms in total. The summed E-state index contributed by atoms with van der Waals surface area (Å²) < 4.78 is 80.9. The smallest absolute Gasteiger partial charge is 0.340 e. The van der Waals surface area contributed by atoms with Crippen molar-refractivity contribution in [3.8, 4) is 17.2 Å². The molecule has 0 atom stereocenters. The van der Waals surface area contributed by atoms with Crippen molar-refractivity contribution in [2.75, 3.05) is 0 Å². The van der Waals surface area contributed by atoms with E-state index in [0.29, 0.717) is 10.6 Å². The second-order valence-electron chi connectivity index (χ2n) is 5.28. The molecule has 26 heavy (non-hydrogen) atoms. The summed E-state index contributed by atoms with van der Waals surface area (Å²) in [5, 5.41) is 9.03. The number of hydrogen-bond donors (Lipinski definition) is 0. The lowest BCUT2D eigenvalue weighted by atomic mass is 10.0. The second-order valence-corrected chi connectivity index (χ2v) is 5.72. The first-order chi connectivity index (χ1) is 12.0. The lowest BCUT2D eigenvalue weighted by molar-refractivity contribution is -0.360. The van der Waals surface area contributed by atoms with E-state index in [1.54, 1.807) is 24.3 Å². The van der Waals surface area contributed by atoms with E-state index in [2.05, 4.69) is 4.74 Å². The van der Waals surface area contributed by atoms with Crippen molar-refractivity contribution in [3.63, 3.8) is 0 Å². The summed E-state index contributed by atoms with van der Waals surface area (Å²) in [5.41, 5.74) is -3.38. The summed E-state index contributed by atoms with van der Waals surface area (Å²) >= 11 is 5.77. The first-order valence-electron chi connectivity index (χ1n) is 7.04. The van der Waals surface area contributed by atoms with Crippen molar-refractivity contribution in [2.45, 2.75) is 24.6 Å². The zero-order valence-corrected chi connectivity index (χ0v) is 13.6.